The zero-order chi connectivity index (χ0) is 19.8. The fourth-order valence-electron chi connectivity index (χ4n) is 3.91. The Morgan fingerprint density at radius 2 is 1.82 bits per heavy atom. The maximum atomic E-state index is 5.78. The molecule has 3 heterocycles. The number of benzene rings is 1. The molecule has 0 bridgehead atoms. The fraction of sp³-hybridized carbons (Fsp3) is 0.273. The number of anilines is 2. The first-order valence-electron chi connectivity index (χ1n) is 9.40. The van der Waals surface area contributed by atoms with Crippen LogP contribution in [0.5, 0.6) is 0 Å². The Hall–Kier alpha value is -2.86. The van der Waals surface area contributed by atoms with Crippen LogP contribution in [0, 0.1) is 13.8 Å². The first-order chi connectivity index (χ1) is 13.5. The summed E-state index contributed by atoms with van der Waals surface area (Å²) < 4.78 is 0. The largest absolute Gasteiger partial charge is 0.378 e. The predicted octanol–water partition coefficient (Wildman–Crippen LogP) is 4.27. The molecule has 1 saturated heterocycles. The Bertz CT molecular complexity index is 978. The lowest BCUT2D eigenvalue weighted by molar-refractivity contribution is 0.566. The van der Waals surface area contributed by atoms with Gasteiger partial charge >= 0.3 is 0 Å². The average Bonchev–Trinajstić information content (AvgIpc) is 3.20. The average molecular weight is 392 g/mol. The molecule has 1 aliphatic rings. The standard InChI is InChI=1S/C22H25N5S/c1-14-13-18(15(2)24-14)21-20(19-7-5-6-12-23-19)25-22(28)27(21)17-10-8-16(9-11-17)26(3)4/h5-13,20-21,24H,1-4H3,(H,25,28)/t20-,21-/m0/s1. The molecule has 144 valence electrons. The third-order valence-electron chi connectivity index (χ3n) is 5.25. The van der Waals surface area contributed by atoms with Crippen LogP contribution in [0.4, 0.5) is 11.4 Å². The van der Waals surface area contributed by atoms with Crippen molar-refractivity contribution in [3.63, 3.8) is 0 Å². The Balaban J connectivity index is 1.81. The van der Waals surface area contributed by atoms with Gasteiger partial charge in [0.25, 0.3) is 0 Å². The SMILES string of the molecule is Cc1cc([C@H]2[C@H](c3ccccn3)NC(=S)N2c2ccc(N(C)C)cc2)c(C)[nH]1. The van der Waals surface area contributed by atoms with Gasteiger partial charge in [0.1, 0.15) is 0 Å². The summed E-state index contributed by atoms with van der Waals surface area (Å²) in [5, 5.41) is 4.23. The van der Waals surface area contributed by atoms with Crippen molar-refractivity contribution in [2.75, 3.05) is 23.9 Å². The van der Waals surface area contributed by atoms with Gasteiger partial charge in [0, 0.05) is 43.1 Å². The number of H-pyrrole nitrogens is 1. The van der Waals surface area contributed by atoms with E-state index >= 15 is 0 Å². The summed E-state index contributed by atoms with van der Waals surface area (Å²) in [6.07, 6.45) is 1.83. The summed E-state index contributed by atoms with van der Waals surface area (Å²) in [5.41, 5.74) is 6.76. The molecule has 0 radical (unpaired) electrons. The van der Waals surface area contributed by atoms with Crippen LogP contribution in [0.2, 0.25) is 0 Å². The van der Waals surface area contributed by atoms with E-state index in [1.807, 2.05) is 32.4 Å². The number of aromatic amines is 1. The Morgan fingerprint density at radius 3 is 2.39 bits per heavy atom. The van der Waals surface area contributed by atoms with E-state index in [9.17, 15) is 0 Å². The predicted molar refractivity (Wildman–Crippen MR) is 119 cm³/mol. The van der Waals surface area contributed by atoms with Crippen molar-refractivity contribution in [2.24, 2.45) is 0 Å². The topological polar surface area (TPSA) is 47.2 Å². The van der Waals surface area contributed by atoms with Crippen LogP contribution in [0.15, 0.2) is 54.7 Å². The number of rotatable bonds is 4. The normalized spacial score (nSPS) is 19.0. The summed E-state index contributed by atoms with van der Waals surface area (Å²) in [4.78, 5) is 12.4. The van der Waals surface area contributed by atoms with Gasteiger partial charge in [-0.1, -0.05) is 6.07 Å². The minimum Gasteiger partial charge on any atom is -0.378 e. The molecule has 3 aromatic rings. The molecule has 1 aliphatic heterocycles. The van der Waals surface area contributed by atoms with E-state index in [1.54, 1.807) is 0 Å². The Kier molecular flexibility index (Phi) is 4.81. The summed E-state index contributed by atoms with van der Waals surface area (Å²) in [6.45, 7) is 4.20. The van der Waals surface area contributed by atoms with Gasteiger partial charge in [0.2, 0.25) is 0 Å². The molecule has 2 aromatic heterocycles. The van der Waals surface area contributed by atoms with Gasteiger partial charge in [0.15, 0.2) is 5.11 Å². The first-order valence-corrected chi connectivity index (χ1v) is 9.80. The zero-order valence-corrected chi connectivity index (χ0v) is 17.4. The lowest BCUT2D eigenvalue weighted by Crippen LogP contribution is -2.29. The number of nitrogens with zero attached hydrogens (tertiary/aromatic N) is 3. The highest BCUT2D eigenvalue weighted by molar-refractivity contribution is 7.80. The molecular weight excluding hydrogens is 366 g/mol. The Labute approximate surface area is 171 Å². The first kappa shape index (κ1) is 18.5. The van der Waals surface area contributed by atoms with Crippen molar-refractivity contribution in [3.8, 4) is 0 Å². The van der Waals surface area contributed by atoms with Crippen molar-refractivity contribution >= 4 is 28.7 Å². The van der Waals surface area contributed by atoms with Crippen LogP contribution >= 0.6 is 12.2 Å². The molecule has 0 spiro atoms. The zero-order valence-electron chi connectivity index (χ0n) is 16.6. The molecule has 1 aromatic carbocycles. The lowest BCUT2D eigenvalue weighted by Gasteiger charge is -2.28. The summed E-state index contributed by atoms with van der Waals surface area (Å²) >= 11 is 5.78. The molecular formula is C22H25N5S. The van der Waals surface area contributed by atoms with Crippen molar-refractivity contribution < 1.29 is 0 Å². The molecule has 0 unspecified atom stereocenters. The lowest BCUT2D eigenvalue weighted by atomic mass is 9.96. The smallest absolute Gasteiger partial charge is 0.174 e. The van der Waals surface area contributed by atoms with E-state index in [4.69, 9.17) is 12.2 Å². The molecule has 0 amide bonds. The minimum absolute atomic E-state index is 0.0175. The number of nitrogens with one attached hydrogen (secondary N) is 2. The van der Waals surface area contributed by atoms with Crippen molar-refractivity contribution in [1.29, 1.82) is 0 Å². The van der Waals surface area contributed by atoms with Crippen LogP contribution in [0.25, 0.3) is 0 Å². The fourth-order valence-corrected chi connectivity index (χ4v) is 4.26. The quantitative estimate of drug-likeness (QED) is 0.651. The van der Waals surface area contributed by atoms with Gasteiger partial charge in [0.05, 0.1) is 17.8 Å². The highest BCUT2D eigenvalue weighted by Gasteiger charge is 2.41. The third-order valence-corrected chi connectivity index (χ3v) is 5.57. The summed E-state index contributed by atoms with van der Waals surface area (Å²) in [7, 11) is 4.09. The second-order valence-electron chi connectivity index (χ2n) is 7.44. The van der Waals surface area contributed by atoms with Crippen LogP contribution in [-0.2, 0) is 0 Å². The van der Waals surface area contributed by atoms with Crippen LogP contribution < -0.4 is 15.1 Å². The molecule has 5 nitrogen and oxygen atoms in total. The van der Waals surface area contributed by atoms with Crippen molar-refractivity contribution in [1.82, 2.24) is 15.3 Å². The second kappa shape index (κ2) is 7.28. The number of pyridine rings is 1. The van der Waals surface area contributed by atoms with Gasteiger partial charge in [-0.15, -0.1) is 0 Å². The van der Waals surface area contributed by atoms with E-state index < -0.39 is 0 Å². The van der Waals surface area contributed by atoms with Gasteiger partial charge in [-0.2, -0.15) is 0 Å². The van der Waals surface area contributed by atoms with Gasteiger partial charge in [-0.25, -0.2) is 0 Å². The number of thiocarbonyl (C=S) groups is 1. The number of hydrogen-bond donors (Lipinski definition) is 2. The Morgan fingerprint density at radius 1 is 1.07 bits per heavy atom. The number of hydrogen-bond acceptors (Lipinski definition) is 3. The van der Waals surface area contributed by atoms with E-state index in [-0.39, 0.29) is 12.1 Å². The third kappa shape index (κ3) is 3.24. The van der Waals surface area contributed by atoms with E-state index in [0.29, 0.717) is 0 Å². The minimum atomic E-state index is -0.0175. The number of aryl methyl sites for hydroxylation is 2. The molecule has 0 saturated carbocycles. The van der Waals surface area contributed by atoms with Crippen LogP contribution in [0.1, 0.15) is 34.7 Å². The number of aromatic nitrogens is 2. The van der Waals surface area contributed by atoms with Crippen molar-refractivity contribution in [3.05, 3.63) is 77.4 Å². The molecule has 6 heteroatoms. The molecule has 4 rings (SSSR count). The molecule has 2 atom stereocenters. The molecule has 2 N–H and O–H groups in total. The highest BCUT2D eigenvalue weighted by Crippen LogP contribution is 2.42. The van der Waals surface area contributed by atoms with Crippen LogP contribution in [0.3, 0.4) is 0 Å². The maximum Gasteiger partial charge on any atom is 0.174 e. The molecule has 0 aliphatic carbocycles. The summed E-state index contributed by atoms with van der Waals surface area (Å²) in [6, 6.07) is 16.7. The van der Waals surface area contributed by atoms with Gasteiger partial charge in [-0.3, -0.25) is 4.98 Å². The van der Waals surface area contributed by atoms with Crippen molar-refractivity contribution in [2.45, 2.75) is 25.9 Å². The monoisotopic (exact) mass is 391 g/mol. The molecule has 28 heavy (non-hydrogen) atoms. The second-order valence-corrected chi connectivity index (χ2v) is 7.83. The maximum absolute atomic E-state index is 5.78. The van der Waals surface area contributed by atoms with Gasteiger partial charge in [-0.05, 0) is 74.1 Å². The van der Waals surface area contributed by atoms with E-state index in [2.05, 4.69) is 75.3 Å². The highest BCUT2D eigenvalue weighted by atomic mass is 32.1. The summed E-state index contributed by atoms with van der Waals surface area (Å²) in [5.74, 6) is 0. The molecule has 1 fully saturated rings. The van der Waals surface area contributed by atoms with E-state index in [0.717, 1.165) is 33.6 Å². The van der Waals surface area contributed by atoms with Crippen LogP contribution in [-0.4, -0.2) is 29.2 Å². The van der Waals surface area contributed by atoms with Gasteiger partial charge < -0.3 is 20.1 Å². The van der Waals surface area contributed by atoms with E-state index in [1.165, 1.54) is 5.56 Å².